The molecule has 0 bridgehead atoms. The second-order valence-electron chi connectivity index (χ2n) is 5.85. The van der Waals surface area contributed by atoms with Gasteiger partial charge in [0, 0.05) is 30.4 Å². The SMILES string of the molecule is Fc1ccc(-c2cc(C3CNNC3c3ccccn3)ccn2)cc1. The number of nitrogens with zero attached hydrogens (tertiary/aromatic N) is 2. The lowest BCUT2D eigenvalue weighted by Gasteiger charge is -2.18. The molecule has 1 aliphatic rings. The Morgan fingerprint density at radius 3 is 2.62 bits per heavy atom. The first-order valence-electron chi connectivity index (χ1n) is 7.92. The molecular formula is C19H17FN4. The fraction of sp³-hybridized carbons (Fsp3) is 0.158. The Bertz CT molecular complexity index is 820. The third kappa shape index (κ3) is 2.91. The van der Waals surface area contributed by atoms with Crippen molar-refractivity contribution in [2.24, 2.45) is 0 Å². The Labute approximate surface area is 139 Å². The third-order valence-corrected chi connectivity index (χ3v) is 4.34. The summed E-state index contributed by atoms with van der Waals surface area (Å²) in [7, 11) is 0. The maximum Gasteiger partial charge on any atom is 0.123 e. The van der Waals surface area contributed by atoms with Gasteiger partial charge in [-0.2, -0.15) is 0 Å². The van der Waals surface area contributed by atoms with E-state index in [0.717, 1.165) is 23.5 Å². The van der Waals surface area contributed by atoms with E-state index in [0.29, 0.717) is 0 Å². The van der Waals surface area contributed by atoms with Crippen molar-refractivity contribution in [3.05, 3.63) is 84.1 Å². The number of pyridine rings is 2. The summed E-state index contributed by atoms with van der Waals surface area (Å²) >= 11 is 0. The van der Waals surface area contributed by atoms with Gasteiger partial charge in [-0.15, -0.1) is 0 Å². The molecule has 0 radical (unpaired) electrons. The van der Waals surface area contributed by atoms with Gasteiger partial charge in [0.25, 0.3) is 0 Å². The summed E-state index contributed by atoms with van der Waals surface area (Å²) in [5, 5.41) is 0. The Morgan fingerprint density at radius 1 is 0.958 bits per heavy atom. The molecule has 120 valence electrons. The molecule has 24 heavy (non-hydrogen) atoms. The first-order valence-corrected chi connectivity index (χ1v) is 7.92. The average molecular weight is 320 g/mol. The lowest BCUT2D eigenvalue weighted by atomic mass is 9.90. The van der Waals surface area contributed by atoms with Gasteiger partial charge in [0.15, 0.2) is 0 Å². The highest BCUT2D eigenvalue weighted by atomic mass is 19.1. The molecule has 3 aromatic rings. The van der Waals surface area contributed by atoms with Gasteiger partial charge in [0.1, 0.15) is 5.82 Å². The number of benzene rings is 1. The molecule has 1 aliphatic heterocycles. The topological polar surface area (TPSA) is 49.8 Å². The number of hydrogen-bond donors (Lipinski definition) is 2. The van der Waals surface area contributed by atoms with E-state index in [4.69, 9.17) is 0 Å². The fourth-order valence-corrected chi connectivity index (χ4v) is 3.10. The average Bonchev–Trinajstić information content (AvgIpc) is 3.13. The van der Waals surface area contributed by atoms with E-state index in [1.807, 2.05) is 36.7 Å². The third-order valence-electron chi connectivity index (χ3n) is 4.34. The van der Waals surface area contributed by atoms with Gasteiger partial charge >= 0.3 is 0 Å². The molecule has 0 aliphatic carbocycles. The molecular weight excluding hydrogens is 303 g/mol. The van der Waals surface area contributed by atoms with Crippen LogP contribution in [0.1, 0.15) is 23.2 Å². The maximum absolute atomic E-state index is 13.1. The quantitative estimate of drug-likeness (QED) is 0.778. The number of rotatable bonds is 3. The zero-order chi connectivity index (χ0) is 16.4. The molecule has 5 heteroatoms. The maximum atomic E-state index is 13.1. The standard InChI is InChI=1S/C19H17FN4/c20-15-6-4-13(5-7-15)18-11-14(8-10-22-18)16-12-23-24-19(16)17-3-1-2-9-21-17/h1-11,16,19,23-24H,12H2. The number of hydrazine groups is 1. The summed E-state index contributed by atoms with van der Waals surface area (Å²) in [5.41, 5.74) is 10.5. The number of aromatic nitrogens is 2. The first kappa shape index (κ1) is 14.9. The summed E-state index contributed by atoms with van der Waals surface area (Å²) < 4.78 is 13.1. The summed E-state index contributed by atoms with van der Waals surface area (Å²) in [6.45, 7) is 0.814. The number of hydrogen-bond acceptors (Lipinski definition) is 4. The van der Waals surface area contributed by atoms with Crippen LogP contribution in [0, 0.1) is 5.82 Å². The highest BCUT2D eigenvalue weighted by Gasteiger charge is 2.30. The predicted octanol–water partition coefficient (Wildman–Crippen LogP) is 3.22. The molecule has 2 aromatic heterocycles. The van der Waals surface area contributed by atoms with Gasteiger partial charge in [-0.25, -0.2) is 9.82 Å². The normalized spacial score (nSPS) is 20.2. The van der Waals surface area contributed by atoms with Gasteiger partial charge in [0.2, 0.25) is 0 Å². The highest BCUT2D eigenvalue weighted by molar-refractivity contribution is 5.59. The van der Waals surface area contributed by atoms with Crippen LogP contribution in [0.3, 0.4) is 0 Å². The van der Waals surface area contributed by atoms with Gasteiger partial charge in [0.05, 0.1) is 17.4 Å². The van der Waals surface area contributed by atoms with E-state index in [1.54, 1.807) is 12.1 Å². The van der Waals surface area contributed by atoms with Gasteiger partial charge in [-0.1, -0.05) is 6.07 Å². The smallest absolute Gasteiger partial charge is 0.123 e. The Kier molecular flexibility index (Phi) is 4.02. The molecule has 1 fully saturated rings. The number of halogens is 1. The fourth-order valence-electron chi connectivity index (χ4n) is 3.10. The highest BCUT2D eigenvalue weighted by Crippen LogP contribution is 2.33. The molecule has 2 unspecified atom stereocenters. The second-order valence-corrected chi connectivity index (χ2v) is 5.85. The summed E-state index contributed by atoms with van der Waals surface area (Å²) in [4.78, 5) is 8.90. The predicted molar refractivity (Wildman–Crippen MR) is 90.5 cm³/mol. The molecule has 0 amide bonds. The molecule has 2 N–H and O–H groups in total. The Balaban J connectivity index is 1.66. The second kappa shape index (κ2) is 6.47. The van der Waals surface area contributed by atoms with Crippen molar-refractivity contribution >= 4 is 0 Å². The first-order chi connectivity index (χ1) is 11.8. The molecule has 4 rings (SSSR count). The monoisotopic (exact) mass is 320 g/mol. The van der Waals surface area contributed by atoms with Crippen molar-refractivity contribution < 1.29 is 4.39 Å². The molecule has 0 spiro atoms. The van der Waals surface area contributed by atoms with Crippen LogP contribution in [0.2, 0.25) is 0 Å². The van der Waals surface area contributed by atoms with E-state index < -0.39 is 0 Å². The molecule has 4 nitrogen and oxygen atoms in total. The van der Waals surface area contributed by atoms with Crippen molar-refractivity contribution in [1.82, 2.24) is 20.8 Å². The van der Waals surface area contributed by atoms with E-state index >= 15 is 0 Å². The molecule has 0 saturated carbocycles. The van der Waals surface area contributed by atoms with Crippen LogP contribution in [-0.2, 0) is 0 Å². The zero-order valence-corrected chi connectivity index (χ0v) is 13.0. The summed E-state index contributed by atoms with van der Waals surface area (Å²) in [5.74, 6) is 0.0106. The van der Waals surface area contributed by atoms with Crippen LogP contribution in [0.25, 0.3) is 11.3 Å². The van der Waals surface area contributed by atoms with E-state index in [2.05, 4.69) is 26.9 Å². The van der Waals surface area contributed by atoms with Crippen LogP contribution >= 0.6 is 0 Å². The molecule has 2 atom stereocenters. The largest absolute Gasteiger partial charge is 0.260 e. The van der Waals surface area contributed by atoms with Crippen molar-refractivity contribution in [1.29, 1.82) is 0 Å². The van der Waals surface area contributed by atoms with E-state index in [1.165, 1.54) is 17.7 Å². The Hall–Kier alpha value is -2.63. The van der Waals surface area contributed by atoms with Crippen LogP contribution < -0.4 is 10.9 Å². The number of nitrogens with one attached hydrogen (secondary N) is 2. The van der Waals surface area contributed by atoms with Crippen molar-refractivity contribution in [2.45, 2.75) is 12.0 Å². The van der Waals surface area contributed by atoms with Crippen molar-refractivity contribution in [2.75, 3.05) is 6.54 Å². The Morgan fingerprint density at radius 2 is 1.83 bits per heavy atom. The van der Waals surface area contributed by atoms with Crippen molar-refractivity contribution in [3.63, 3.8) is 0 Å². The minimum absolute atomic E-state index is 0.106. The van der Waals surface area contributed by atoms with Crippen LogP contribution in [0.4, 0.5) is 4.39 Å². The molecule has 1 aromatic carbocycles. The summed E-state index contributed by atoms with van der Waals surface area (Å²) in [6.07, 6.45) is 3.62. The van der Waals surface area contributed by atoms with Crippen LogP contribution in [0.5, 0.6) is 0 Å². The lowest BCUT2D eigenvalue weighted by molar-refractivity contribution is 0.541. The lowest BCUT2D eigenvalue weighted by Crippen LogP contribution is -2.25. The van der Waals surface area contributed by atoms with Crippen LogP contribution in [-0.4, -0.2) is 16.5 Å². The van der Waals surface area contributed by atoms with Crippen LogP contribution in [0.15, 0.2) is 67.0 Å². The minimum Gasteiger partial charge on any atom is -0.260 e. The van der Waals surface area contributed by atoms with E-state index in [9.17, 15) is 4.39 Å². The van der Waals surface area contributed by atoms with Gasteiger partial charge in [-0.05, 0) is 54.1 Å². The zero-order valence-electron chi connectivity index (χ0n) is 13.0. The van der Waals surface area contributed by atoms with Gasteiger partial charge < -0.3 is 0 Å². The molecule has 3 heterocycles. The molecule has 1 saturated heterocycles. The summed E-state index contributed by atoms with van der Waals surface area (Å²) in [6, 6.07) is 16.6. The minimum atomic E-state index is -0.241. The van der Waals surface area contributed by atoms with Gasteiger partial charge in [-0.3, -0.25) is 15.4 Å². The van der Waals surface area contributed by atoms with E-state index in [-0.39, 0.29) is 17.8 Å². The van der Waals surface area contributed by atoms with Crippen molar-refractivity contribution in [3.8, 4) is 11.3 Å².